The van der Waals surface area contributed by atoms with Crippen LogP contribution in [0.25, 0.3) is 0 Å². The molecule has 0 bridgehead atoms. The minimum atomic E-state index is -3.84. The van der Waals surface area contributed by atoms with Gasteiger partial charge >= 0.3 is 5.97 Å². The van der Waals surface area contributed by atoms with Crippen molar-refractivity contribution in [2.24, 2.45) is 0 Å². The van der Waals surface area contributed by atoms with Crippen molar-refractivity contribution in [1.29, 1.82) is 0 Å². The fourth-order valence-electron chi connectivity index (χ4n) is 1.89. The lowest BCUT2D eigenvalue weighted by Gasteiger charge is -2.26. The first kappa shape index (κ1) is 17.2. The van der Waals surface area contributed by atoms with Crippen LogP contribution >= 0.6 is 23.2 Å². The highest BCUT2D eigenvalue weighted by Crippen LogP contribution is 2.26. The number of sulfonamides is 1. The molecular formula is C12H15Cl2NO4S. The van der Waals surface area contributed by atoms with E-state index in [9.17, 15) is 13.2 Å². The van der Waals surface area contributed by atoms with E-state index in [1.54, 1.807) is 13.8 Å². The van der Waals surface area contributed by atoms with Crippen LogP contribution in [0.5, 0.6) is 0 Å². The van der Waals surface area contributed by atoms with Gasteiger partial charge in [-0.15, -0.1) is 0 Å². The molecule has 0 amide bonds. The molecule has 0 aliphatic rings. The maximum Gasteiger partial charge on any atom is 0.304 e. The second-order valence-corrected chi connectivity index (χ2v) is 7.02. The second-order valence-electron chi connectivity index (χ2n) is 4.26. The zero-order chi connectivity index (χ0) is 15.5. The van der Waals surface area contributed by atoms with Crippen LogP contribution in [-0.2, 0) is 14.8 Å². The summed E-state index contributed by atoms with van der Waals surface area (Å²) in [6, 6.07) is 3.34. The zero-order valence-corrected chi connectivity index (χ0v) is 13.3. The molecule has 0 aromatic heterocycles. The van der Waals surface area contributed by atoms with Gasteiger partial charge in [-0.25, -0.2) is 8.42 Å². The monoisotopic (exact) mass is 339 g/mol. The van der Waals surface area contributed by atoms with Gasteiger partial charge in [-0.1, -0.05) is 30.1 Å². The summed E-state index contributed by atoms with van der Waals surface area (Å²) >= 11 is 11.6. The molecule has 5 nitrogen and oxygen atoms in total. The van der Waals surface area contributed by atoms with Crippen LogP contribution in [0.3, 0.4) is 0 Å². The molecule has 0 aliphatic heterocycles. The Kier molecular flexibility index (Phi) is 5.82. The lowest BCUT2D eigenvalue weighted by molar-refractivity contribution is -0.137. The van der Waals surface area contributed by atoms with Crippen molar-refractivity contribution in [2.45, 2.75) is 31.2 Å². The van der Waals surface area contributed by atoms with E-state index in [1.165, 1.54) is 18.2 Å². The van der Waals surface area contributed by atoms with Crippen LogP contribution < -0.4 is 0 Å². The number of carboxylic acids is 1. The molecule has 0 saturated carbocycles. The lowest BCUT2D eigenvalue weighted by Crippen LogP contribution is -2.39. The Morgan fingerprint density at radius 2 is 1.80 bits per heavy atom. The summed E-state index contributed by atoms with van der Waals surface area (Å²) in [5.74, 6) is -1.06. The van der Waals surface area contributed by atoms with Gasteiger partial charge in [0.2, 0.25) is 10.0 Å². The summed E-state index contributed by atoms with van der Waals surface area (Å²) in [6.07, 6.45) is -0.276. The standard InChI is InChI=1S/C12H15Cl2NO4S/c1-3-15(8(2)4-12(16)17)20(18,19)11-6-9(13)5-10(14)7-11/h5-8H,3-4H2,1-2H3,(H,16,17). The van der Waals surface area contributed by atoms with Crippen LogP contribution in [0.4, 0.5) is 0 Å². The van der Waals surface area contributed by atoms with E-state index in [2.05, 4.69) is 0 Å². The van der Waals surface area contributed by atoms with Crippen LogP contribution in [0.1, 0.15) is 20.3 Å². The third-order valence-electron chi connectivity index (χ3n) is 2.72. The molecule has 0 saturated heterocycles. The maximum absolute atomic E-state index is 12.5. The van der Waals surface area contributed by atoms with Gasteiger partial charge in [0, 0.05) is 22.6 Å². The Balaban J connectivity index is 3.21. The fourth-order valence-corrected chi connectivity index (χ4v) is 4.25. The first-order valence-electron chi connectivity index (χ1n) is 5.88. The molecule has 1 aromatic carbocycles. The van der Waals surface area contributed by atoms with Crippen molar-refractivity contribution < 1.29 is 18.3 Å². The molecule has 0 heterocycles. The summed E-state index contributed by atoms with van der Waals surface area (Å²) in [4.78, 5) is 10.7. The smallest absolute Gasteiger partial charge is 0.304 e. The quantitative estimate of drug-likeness (QED) is 0.864. The fraction of sp³-hybridized carbons (Fsp3) is 0.417. The molecular weight excluding hydrogens is 325 g/mol. The number of benzene rings is 1. The summed E-state index contributed by atoms with van der Waals surface area (Å²) in [5, 5.41) is 9.20. The number of hydrogen-bond donors (Lipinski definition) is 1. The van der Waals surface area contributed by atoms with E-state index >= 15 is 0 Å². The Hall–Kier alpha value is -0.820. The molecule has 0 radical (unpaired) electrons. The molecule has 0 fully saturated rings. The first-order valence-corrected chi connectivity index (χ1v) is 8.07. The third kappa shape index (κ3) is 4.09. The Morgan fingerprint density at radius 3 is 2.20 bits per heavy atom. The number of nitrogens with zero attached hydrogens (tertiary/aromatic N) is 1. The largest absolute Gasteiger partial charge is 0.481 e. The summed E-state index contributed by atoms with van der Waals surface area (Å²) in [5.41, 5.74) is 0. The predicted octanol–water partition coefficient (Wildman–Crippen LogP) is 2.87. The number of hydrogen-bond acceptors (Lipinski definition) is 3. The van der Waals surface area contributed by atoms with Gasteiger partial charge in [-0.2, -0.15) is 4.31 Å². The van der Waals surface area contributed by atoms with Gasteiger partial charge < -0.3 is 5.11 Å². The van der Waals surface area contributed by atoms with Gasteiger partial charge in [-0.05, 0) is 25.1 Å². The van der Waals surface area contributed by atoms with Crippen LogP contribution in [0, 0.1) is 0 Å². The number of halogens is 2. The second kappa shape index (κ2) is 6.76. The van der Waals surface area contributed by atoms with E-state index < -0.39 is 22.0 Å². The highest BCUT2D eigenvalue weighted by atomic mass is 35.5. The van der Waals surface area contributed by atoms with Gasteiger partial charge in [-0.3, -0.25) is 4.79 Å². The minimum absolute atomic E-state index is 0.0471. The van der Waals surface area contributed by atoms with Crippen LogP contribution in [0.2, 0.25) is 10.0 Å². The SMILES string of the molecule is CCN(C(C)CC(=O)O)S(=O)(=O)c1cc(Cl)cc(Cl)c1. The topological polar surface area (TPSA) is 74.7 Å². The van der Waals surface area contributed by atoms with Crippen LogP contribution in [-0.4, -0.2) is 36.4 Å². The van der Waals surface area contributed by atoms with E-state index in [4.69, 9.17) is 28.3 Å². The summed E-state index contributed by atoms with van der Waals surface area (Å²) < 4.78 is 26.1. The van der Waals surface area contributed by atoms with E-state index in [1.807, 2.05) is 0 Å². The van der Waals surface area contributed by atoms with E-state index in [-0.39, 0.29) is 27.9 Å². The van der Waals surface area contributed by atoms with Gasteiger partial charge in [0.15, 0.2) is 0 Å². The normalized spacial score (nSPS) is 13.4. The highest BCUT2D eigenvalue weighted by Gasteiger charge is 2.29. The molecule has 1 N–H and O–H groups in total. The first-order chi connectivity index (χ1) is 9.18. The van der Waals surface area contributed by atoms with Crippen molar-refractivity contribution in [3.05, 3.63) is 28.2 Å². The molecule has 0 spiro atoms. The molecule has 1 rings (SSSR count). The van der Waals surface area contributed by atoms with Crippen LogP contribution in [0.15, 0.2) is 23.1 Å². The van der Waals surface area contributed by atoms with Gasteiger partial charge in [0.1, 0.15) is 0 Å². The van der Waals surface area contributed by atoms with E-state index in [0.29, 0.717) is 0 Å². The lowest BCUT2D eigenvalue weighted by atomic mass is 10.2. The third-order valence-corrected chi connectivity index (χ3v) is 5.22. The number of rotatable bonds is 6. The predicted molar refractivity (Wildman–Crippen MR) is 77.7 cm³/mol. The summed E-state index contributed by atoms with van der Waals surface area (Å²) in [7, 11) is -3.84. The van der Waals surface area contributed by atoms with Gasteiger partial charge in [0.05, 0.1) is 11.3 Å². The van der Waals surface area contributed by atoms with Crippen molar-refractivity contribution >= 4 is 39.2 Å². The molecule has 0 aliphatic carbocycles. The average molecular weight is 340 g/mol. The van der Waals surface area contributed by atoms with Gasteiger partial charge in [0.25, 0.3) is 0 Å². The van der Waals surface area contributed by atoms with Crippen molar-refractivity contribution in [2.75, 3.05) is 6.54 Å². The molecule has 8 heteroatoms. The zero-order valence-electron chi connectivity index (χ0n) is 11.0. The Bertz CT molecular complexity index is 583. The highest BCUT2D eigenvalue weighted by molar-refractivity contribution is 7.89. The maximum atomic E-state index is 12.5. The van der Waals surface area contributed by atoms with Crippen molar-refractivity contribution in [3.8, 4) is 0 Å². The van der Waals surface area contributed by atoms with E-state index in [0.717, 1.165) is 4.31 Å². The number of aliphatic carboxylic acids is 1. The number of carbonyl (C=O) groups is 1. The molecule has 1 aromatic rings. The number of carboxylic acid groups (broad SMARTS) is 1. The van der Waals surface area contributed by atoms with Crippen molar-refractivity contribution in [1.82, 2.24) is 4.31 Å². The molecule has 112 valence electrons. The minimum Gasteiger partial charge on any atom is -0.481 e. The Morgan fingerprint density at radius 1 is 1.30 bits per heavy atom. The molecule has 20 heavy (non-hydrogen) atoms. The molecule has 1 unspecified atom stereocenters. The van der Waals surface area contributed by atoms with Crippen molar-refractivity contribution in [3.63, 3.8) is 0 Å². The Labute approximate surface area is 128 Å². The summed E-state index contributed by atoms with van der Waals surface area (Å²) in [6.45, 7) is 3.34. The molecule has 1 atom stereocenters. The average Bonchev–Trinajstić information content (AvgIpc) is 2.26.